The average Bonchev–Trinajstić information content (AvgIpc) is 2.98. The van der Waals surface area contributed by atoms with Crippen molar-refractivity contribution < 1.29 is 9.84 Å². The lowest BCUT2D eigenvalue weighted by Crippen LogP contribution is -2.51. The summed E-state index contributed by atoms with van der Waals surface area (Å²) in [6, 6.07) is 17.3. The van der Waals surface area contributed by atoms with Gasteiger partial charge in [0, 0.05) is 6.42 Å². The number of aliphatic hydroxyl groups is 1. The number of rotatable bonds is 3. The van der Waals surface area contributed by atoms with E-state index < -0.39 is 5.60 Å². The zero-order chi connectivity index (χ0) is 19.4. The second-order valence-corrected chi connectivity index (χ2v) is 9.67. The Kier molecular flexibility index (Phi) is 4.32. The smallest absolute Gasteiger partial charge is 0.119 e. The molecule has 2 nitrogen and oxygen atoms in total. The number of fused-ring (bicyclic) bond motifs is 5. The van der Waals surface area contributed by atoms with E-state index in [-0.39, 0.29) is 5.41 Å². The minimum Gasteiger partial charge on any atom is -0.497 e. The van der Waals surface area contributed by atoms with E-state index in [0.717, 1.165) is 31.4 Å². The third kappa shape index (κ3) is 2.64. The van der Waals surface area contributed by atoms with Crippen LogP contribution >= 0.6 is 0 Å². The van der Waals surface area contributed by atoms with Crippen LogP contribution in [0.4, 0.5) is 0 Å². The summed E-state index contributed by atoms with van der Waals surface area (Å²) in [7, 11) is 1.76. The van der Waals surface area contributed by atoms with E-state index in [1.807, 2.05) is 0 Å². The van der Waals surface area contributed by atoms with Gasteiger partial charge in [0.1, 0.15) is 5.75 Å². The van der Waals surface area contributed by atoms with Crippen LogP contribution in [0.5, 0.6) is 5.75 Å². The fourth-order valence-corrected chi connectivity index (χ4v) is 7.02. The molecule has 3 aliphatic rings. The fraction of sp³-hybridized carbons (Fsp3) is 0.538. The van der Waals surface area contributed by atoms with E-state index >= 15 is 0 Å². The van der Waals surface area contributed by atoms with Crippen LogP contribution < -0.4 is 4.74 Å². The number of hydrogen-bond donors (Lipinski definition) is 1. The molecular weight excluding hydrogens is 344 g/mol. The summed E-state index contributed by atoms with van der Waals surface area (Å²) >= 11 is 0. The van der Waals surface area contributed by atoms with Crippen LogP contribution in [0, 0.1) is 17.3 Å². The third-order valence-corrected chi connectivity index (χ3v) is 8.59. The van der Waals surface area contributed by atoms with E-state index in [2.05, 4.69) is 55.5 Å². The summed E-state index contributed by atoms with van der Waals surface area (Å²) in [5.41, 5.74) is 3.78. The molecule has 0 amide bonds. The van der Waals surface area contributed by atoms with E-state index in [0.29, 0.717) is 17.8 Å². The van der Waals surface area contributed by atoms with Gasteiger partial charge in [0.25, 0.3) is 0 Å². The molecule has 0 saturated heterocycles. The van der Waals surface area contributed by atoms with Crippen LogP contribution in [0.1, 0.15) is 61.6 Å². The van der Waals surface area contributed by atoms with Crippen LogP contribution in [0.15, 0.2) is 48.5 Å². The lowest BCUT2D eigenvalue weighted by molar-refractivity contribution is -0.102. The van der Waals surface area contributed by atoms with Crippen LogP contribution in [0.3, 0.4) is 0 Å². The molecule has 5 rings (SSSR count). The summed E-state index contributed by atoms with van der Waals surface area (Å²) in [6.45, 7) is 2.40. The Balaban J connectivity index is 1.44. The fourth-order valence-electron chi connectivity index (χ4n) is 7.02. The largest absolute Gasteiger partial charge is 0.497 e. The van der Waals surface area contributed by atoms with Gasteiger partial charge >= 0.3 is 0 Å². The highest BCUT2D eigenvalue weighted by molar-refractivity contribution is 5.41. The predicted octanol–water partition coefficient (Wildman–Crippen LogP) is 5.53. The Morgan fingerprint density at radius 3 is 2.64 bits per heavy atom. The quantitative estimate of drug-likeness (QED) is 0.764. The molecule has 5 atom stereocenters. The maximum absolute atomic E-state index is 11.8. The van der Waals surface area contributed by atoms with E-state index in [1.54, 1.807) is 12.7 Å². The second-order valence-electron chi connectivity index (χ2n) is 9.67. The lowest BCUT2D eigenvalue weighted by Gasteiger charge is -2.53. The third-order valence-electron chi connectivity index (χ3n) is 8.59. The molecule has 148 valence electrons. The van der Waals surface area contributed by atoms with Gasteiger partial charge in [-0.25, -0.2) is 0 Å². The first-order chi connectivity index (χ1) is 13.5. The molecule has 28 heavy (non-hydrogen) atoms. The first kappa shape index (κ1) is 18.2. The van der Waals surface area contributed by atoms with Crippen molar-refractivity contribution in [3.05, 3.63) is 65.2 Å². The molecule has 1 N–H and O–H groups in total. The van der Waals surface area contributed by atoms with Gasteiger partial charge in [-0.05, 0) is 90.5 Å². The second kappa shape index (κ2) is 6.62. The summed E-state index contributed by atoms with van der Waals surface area (Å²) in [6.07, 6.45) is 7.66. The van der Waals surface area contributed by atoms with Gasteiger partial charge in [-0.2, -0.15) is 0 Å². The number of ether oxygens (including phenoxy) is 1. The number of methoxy groups -OCH3 is 1. The maximum Gasteiger partial charge on any atom is 0.119 e. The topological polar surface area (TPSA) is 29.5 Å². The maximum atomic E-state index is 11.8. The van der Waals surface area contributed by atoms with Crippen molar-refractivity contribution in [2.45, 2.75) is 63.4 Å². The molecule has 2 fully saturated rings. The number of hydrogen-bond acceptors (Lipinski definition) is 2. The van der Waals surface area contributed by atoms with Crippen LogP contribution in [0.2, 0.25) is 0 Å². The number of aryl methyl sites for hydroxylation is 1. The summed E-state index contributed by atoms with van der Waals surface area (Å²) in [4.78, 5) is 0. The SMILES string of the molecule is COc1ccc2c(c1)CC[C@@H]1[C@@H]2CC[C@]2(C)[C@H]1CC[C@@]2(O)Cc1ccccc1. The molecule has 2 aromatic rings. The van der Waals surface area contributed by atoms with E-state index in [9.17, 15) is 5.11 Å². The van der Waals surface area contributed by atoms with Gasteiger partial charge in [0.15, 0.2) is 0 Å². The van der Waals surface area contributed by atoms with E-state index in [4.69, 9.17) is 4.74 Å². The van der Waals surface area contributed by atoms with Gasteiger partial charge in [0.05, 0.1) is 12.7 Å². The van der Waals surface area contributed by atoms with Crippen molar-refractivity contribution in [3.63, 3.8) is 0 Å². The van der Waals surface area contributed by atoms with Gasteiger partial charge in [-0.15, -0.1) is 0 Å². The van der Waals surface area contributed by atoms with Crippen molar-refractivity contribution >= 4 is 0 Å². The minimum atomic E-state index is -0.565. The molecule has 2 saturated carbocycles. The molecule has 3 aliphatic carbocycles. The normalized spacial score (nSPS) is 36.3. The Morgan fingerprint density at radius 2 is 1.86 bits per heavy atom. The molecule has 0 aromatic heterocycles. The molecule has 0 aliphatic heterocycles. The summed E-state index contributed by atoms with van der Waals surface area (Å²) < 4.78 is 5.45. The molecule has 0 unspecified atom stereocenters. The van der Waals surface area contributed by atoms with Crippen molar-refractivity contribution in [2.24, 2.45) is 17.3 Å². The molecular formula is C26H32O2. The molecule has 0 radical (unpaired) electrons. The van der Waals surface area contributed by atoms with Crippen molar-refractivity contribution in [3.8, 4) is 5.75 Å². The lowest BCUT2D eigenvalue weighted by atomic mass is 9.53. The summed E-state index contributed by atoms with van der Waals surface area (Å²) in [5.74, 6) is 2.99. The molecule has 0 spiro atoms. The van der Waals surface area contributed by atoms with Crippen molar-refractivity contribution in [1.29, 1.82) is 0 Å². The molecule has 0 bridgehead atoms. The van der Waals surface area contributed by atoms with Crippen LogP contribution in [-0.4, -0.2) is 17.8 Å². The highest BCUT2D eigenvalue weighted by Crippen LogP contribution is 2.64. The van der Waals surface area contributed by atoms with Crippen LogP contribution in [0.25, 0.3) is 0 Å². The van der Waals surface area contributed by atoms with Gasteiger partial charge in [-0.3, -0.25) is 0 Å². The zero-order valence-corrected chi connectivity index (χ0v) is 17.2. The average molecular weight is 377 g/mol. The van der Waals surface area contributed by atoms with Crippen molar-refractivity contribution in [2.75, 3.05) is 7.11 Å². The first-order valence-electron chi connectivity index (χ1n) is 11.0. The molecule has 0 heterocycles. The first-order valence-corrected chi connectivity index (χ1v) is 11.0. The van der Waals surface area contributed by atoms with Gasteiger partial charge in [-0.1, -0.05) is 43.3 Å². The Morgan fingerprint density at radius 1 is 1.04 bits per heavy atom. The highest BCUT2D eigenvalue weighted by atomic mass is 16.5. The Bertz CT molecular complexity index is 860. The predicted molar refractivity (Wildman–Crippen MR) is 113 cm³/mol. The molecule has 2 heteroatoms. The van der Waals surface area contributed by atoms with Gasteiger partial charge < -0.3 is 9.84 Å². The van der Waals surface area contributed by atoms with E-state index in [1.165, 1.54) is 30.4 Å². The standard InChI is InChI=1S/C26H32O2/c1-25-14-12-22-21-11-9-20(28-2)16-19(21)8-10-23(22)24(25)13-15-26(25,27)17-18-6-4-3-5-7-18/h3-7,9,11,16,22-24,27H,8,10,12-15,17H2,1-2H3/t22-,23-,24+,25-,26-/m1/s1. The summed E-state index contributed by atoms with van der Waals surface area (Å²) in [5, 5.41) is 11.8. The van der Waals surface area contributed by atoms with Gasteiger partial charge in [0.2, 0.25) is 0 Å². The highest BCUT2D eigenvalue weighted by Gasteiger charge is 2.61. The Labute approximate surface area is 168 Å². The van der Waals surface area contributed by atoms with Crippen LogP contribution in [-0.2, 0) is 12.8 Å². The molecule has 2 aromatic carbocycles. The van der Waals surface area contributed by atoms with Crippen molar-refractivity contribution in [1.82, 2.24) is 0 Å². The Hall–Kier alpha value is -1.80. The zero-order valence-electron chi connectivity index (χ0n) is 17.2. The monoisotopic (exact) mass is 376 g/mol. The minimum absolute atomic E-state index is 0.0357. The number of benzene rings is 2.